The number of nitrogens with one attached hydrogen (secondary N) is 2. The number of halogens is 1. The van der Waals surface area contributed by atoms with Crippen LogP contribution < -0.4 is 20.3 Å². The first kappa shape index (κ1) is 20.6. The van der Waals surface area contributed by atoms with Gasteiger partial charge in [-0.25, -0.2) is 0 Å². The maximum absolute atomic E-state index is 11.8. The van der Waals surface area contributed by atoms with Gasteiger partial charge in [-0.15, -0.1) is 0 Å². The molecule has 2 aromatic carbocycles. The molecule has 0 saturated carbocycles. The van der Waals surface area contributed by atoms with Gasteiger partial charge in [0.1, 0.15) is 11.5 Å². The molecule has 27 heavy (non-hydrogen) atoms. The summed E-state index contributed by atoms with van der Waals surface area (Å²) in [6.45, 7) is 7.17. The Morgan fingerprint density at radius 3 is 1.63 bits per heavy atom. The smallest absolute Gasteiger partial charge is 0.276 e. The van der Waals surface area contributed by atoms with E-state index in [2.05, 4.69) is 10.9 Å². The highest BCUT2D eigenvalue weighted by Crippen LogP contribution is 2.25. The number of hydrazine groups is 1. The highest BCUT2D eigenvalue weighted by atomic mass is 35.5. The molecule has 0 radical (unpaired) electrons. The fourth-order valence-corrected chi connectivity index (χ4v) is 2.62. The Bertz CT molecular complexity index is 809. The van der Waals surface area contributed by atoms with Crippen LogP contribution in [0.15, 0.2) is 30.3 Å². The quantitative estimate of drug-likeness (QED) is 0.743. The van der Waals surface area contributed by atoms with Gasteiger partial charge in [0.2, 0.25) is 0 Å². The van der Waals surface area contributed by atoms with Crippen LogP contribution in [0.5, 0.6) is 11.5 Å². The van der Waals surface area contributed by atoms with Crippen LogP contribution in [-0.4, -0.2) is 25.0 Å². The lowest BCUT2D eigenvalue weighted by atomic mass is 10.1. The Labute approximate surface area is 163 Å². The van der Waals surface area contributed by atoms with Gasteiger partial charge in [0.05, 0.1) is 0 Å². The summed E-state index contributed by atoms with van der Waals surface area (Å²) >= 11 is 6.09. The molecule has 0 atom stereocenters. The molecule has 0 unspecified atom stereocenters. The lowest BCUT2D eigenvalue weighted by molar-refractivity contribution is -0.131. The van der Waals surface area contributed by atoms with Crippen LogP contribution in [-0.2, 0) is 9.59 Å². The number of amides is 2. The van der Waals surface area contributed by atoms with E-state index in [1.807, 2.05) is 45.9 Å². The second kappa shape index (κ2) is 9.28. The van der Waals surface area contributed by atoms with Gasteiger partial charge in [0, 0.05) is 5.02 Å². The minimum atomic E-state index is -0.486. The number of hydrogen-bond acceptors (Lipinski definition) is 4. The van der Waals surface area contributed by atoms with Gasteiger partial charge in [-0.3, -0.25) is 20.4 Å². The monoisotopic (exact) mass is 390 g/mol. The summed E-state index contributed by atoms with van der Waals surface area (Å²) in [6.07, 6.45) is 0. The standard InChI is InChI=1S/C20H23ClN2O4/c1-12-5-13(2)7-16(6-12)26-10-18(24)22-23-19(25)11-27-17-8-14(3)20(21)15(4)9-17/h5-9H,10-11H2,1-4H3,(H,22,24)(H,23,25). The molecule has 0 aromatic heterocycles. The summed E-state index contributed by atoms with van der Waals surface area (Å²) in [5.74, 6) is 0.181. The van der Waals surface area contributed by atoms with Gasteiger partial charge in [-0.1, -0.05) is 17.7 Å². The highest BCUT2D eigenvalue weighted by molar-refractivity contribution is 6.32. The molecule has 0 aliphatic heterocycles. The average molecular weight is 391 g/mol. The van der Waals surface area contributed by atoms with E-state index in [1.165, 1.54) is 0 Å². The molecule has 0 fully saturated rings. The van der Waals surface area contributed by atoms with Gasteiger partial charge in [0.25, 0.3) is 11.8 Å². The van der Waals surface area contributed by atoms with Gasteiger partial charge in [0.15, 0.2) is 13.2 Å². The summed E-state index contributed by atoms with van der Waals surface area (Å²) in [6, 6.07) is 9.18. The molecule has 2 amide bonds. The first-order valence-electron chi connectivity index (χ1n) is 8.43. The molecule has 2 rings (SSSR count). The Balaban J connectivity index is 1.74. The van der Waals surface area contributed by atoms with E-state index in [9.17, 15) is 9.59 Å². The third kappa shape index (κ3) is 6.49. The maximum Gasteiger partial charge on any atom is 0.276 e. The van der Waals surface area contributed by atoms with E-state index in [0.29, 0.717) is 16.5 Å². The fraction of sp³-hybridized carbons (Fsp3) is 0.300. The molecule has 0 aliphatic rings. The zero-order valence-electron chi connectivity index (χ0n) is 15.8. The van der Waals surface area contributed by atoms with E-state index in [4.69, 9.17) is 21.1 Å². The van der Waals surface area contributed by atoms with Crippen molar-refractivity contribution < 1.29 is 19.1 Å². The van der Waals surface area contributed by atoms with Gasteiger partial charge >= 0.3 is 0 Å². The van der Waals surface area contributed by atoms with Crippen LogP contribution >= 0.6 is 11.6 Å². The minimum Gasteiger partial charge on any atom is -0.484 e. The highest BCUT2D eigenvalue weighted by Gasteiger charge is 2.09. The molecule has 144 valence electrons. The number of carbonyl (C=O) groups is 2. The third-order valence-electron chi connectivity index (χ3n) is 3.69. The molecule has 7 heteroatoms. The van der Waals surface area contributed by atoms with Crippen LogP contribution in [0.25, 0.3) is 0 Å². The number of carbonyl (C=O) groups excluding carboxylic acids is 2. The van der Waals surface area contributed by atoms with Crippen molar-refractivity contribution in [2.24, 2.45) is 0 Å². The second-order valence-electron chi connectivity index (χ2n) is 6.37. The van der Waals surface area contributed by atoms with Crippen LogP contribution in [0.4, 0.5) is 0 Å². The lowest BCUT2D eigenvalue weighted by Gasteiger charge is -2.11. The molecule has 2 aromatic rings. The topological polar surface area (TPSA) is 76.7 Å². The minimum absolute atomic E-state index is 0.209. The summed E-state index contributed by atoms with van der Waals surface area (Å²) < 4.78 is 10.8. The normalized spacial score (nSPS) is 10.3. The summed E-state index contributed by atoms with van der Waals surface area (Å²) in [5.41, 5.74) is 8.39. The van der Waals surface area contributed by atoms with Crippen LogP contribution in [0.2, 0.25) is 5.02 Å². The van der Waals surface area contributed by atoms with E-state index in [1.54, 1.807) is 12.1 Å². The van der Waals surface area contributed by atoms with E-state index >= 15 is 0 Å². The average Bonchev–Trinajstić information content (AvgIpc) is 2.60. The summed E-state index contributed by atoms with van der Waals surface area (Å²) in [4.78, 5) is 23.6. The molecule has 0 aliphatic carbocycles. The maximum atomic E-state index is 11.8. The largest absolute Gasteiger partial charge is 0.484 e. The molecule has 0 saturated heterocycles. The van der Waals surface area contributed by atoms with Crippen molar-refractivity contribution in [2.45, 2.75) is 27.7 Å². The van der Waals surface area contributed by atoms with Crippen LogP contribution in [0, 0.1) is 27.7 Å². The molecule has 0 heterocycles. The Morgan fingerprint density at radius 1 is 0.778 bits per heavy atom. The Morgan fingerprint density at radius 2 is 1.19 bits per heavy atom. The van der Waals surface area contributed by atoms with Crippen LogP contribution in [0.3, 0.4) is 0 Å². The number of rotatable bonds is 6. The first-order valence-corrected chi connectivity index (χ1v) is 8.80. The van der Waals surface area contributed by atoms with Gasteiger partial charge in [-0.2, -0.15) is 0 Å². The Kier molecular flexibility index (Phi) is 7.07. The number of hydrogen-bond donors (Lipinski definition) is 2. The third-order valence-corrected chi connectivity index (χ3v) is 4.28. The predicted molar refractivity (Wildman–Crippen MR) is 104 cm³/mol. The number of ether oxygens (including phenoxy) is 2. The van der Waals surface area contributed by atoms with Crippen molar-refractivity contribution in [1.29, 1.82) is 0 Å². The number of benzene rings is 2. The zero-order chi connectivity index (χ0) is 20.0. The van der Waals surface area contributed by atoms with Crippen molar-refractivity contribution in [2.75, 3.05) is 13.2 Å². The fourth-order valence-electron chi connectivity index (χ4n) is 2.52. The zero-order valence-corrected chi connectivity index (χ0v) is 16.6. The van der Waals surface area contributed by atoms with Crippen molar-refractivity contribution >= 4 is 23.4 Å². The Hall–Kier alpha value is -2.73. The van der Waals surface area contributed by atoms with E-state index < -0.39 is 11.8 Å². The first-order chi connectivity index (χ1) is 12.7. The van der Waals surface area contributed by atoms with Crippen molar-refractivity contribution in [1.82, 2.24) is 10.9 Å². The molecular formula is C20H23ClN2O4. The van der Waals surface area contributed by atoms with Crippen molar-refractivity contribution in [3.05, 3.63) is 57.6 Å². The summed E-state index contributed by atoms with van der Waals surface area (Å²) in [5, 5.41) is 0.669. The molecule has 2 N–H and O–H groups in total. The molecule has 6 nitrogen and oxygen atoms in total. The van der Waals surface area contributed by atoms with Crippen molar-refractivity contribution in [3.8, 4) is 11.5 Å². The van der Waals surface area contributed by atoms with Crippen LogP contribution in [0.1, 0.15) is 22.3 Å². The van der Waals surface area contributed by atoms with Gasteiger partial charge in [-0.05, 0) is 74.2 Å². The SMILES string of the molecule is Cc1cc(C)cc(OCC(=O)NNC(=O)COc2cc(C)c(Cl)c(C)c2)c1. The second-order valence-corrected chi connectivity index (χ2v) is 6.75. The van der Waals surface area contributed by atoms with E-state index in [-0.39, 0.29) is 13.2 Å². The lowest BCUT2D eigenvalue weighted by Crippen LogP contribution is -2.45. The molecular weight excluding hydrogens is 368 g/mol. The van der Waals surface area contributed by atoms with Gasteiger partial charge < -0.3 is 9.47 Å². The number of aryl methyl sites for hydroxylation is 4. The molecule has 0 bridgehead atoms. The predicted octanol–water partition coefficient (Wildman–Crippen LogP) is 3.18. The van der Waals surface area contributed by atoms with E-state index in [0.717, 1.165) is 22.3 Å². The summed E-state index contributed by atoms with van der Waals surface area (Å²) in [7, 11) is 0. The van der Waals surface area contributed by atoms with Crippen molar-refractivity contribution in [3.63, 3.8) is 0 Å². The molecule has 0 spiro atoms.